The van der Waals surface area contributed by atoms with Crippen LogP contribution in [-0.4, -0.2) is 88.4 Å². The Hall–Kier alpha value is -0.850. The quantitative estimate of drug-likeness (QED) is 0.510. The van der Waals surface area contributed by atoms with Gasteiger partial charge >= 0.3 is 0 Å². The van der Waals surface area contributed by atoms with Crippen molar-refractivity contribution in [2.45, 2.75) is 45.1 Å². The molecule has 146 valence electrons. The maximum atomic E-state index is 5.18. The summed E-state index contributed by atoms with van der Waals surface area (Å²) in [6.45, 7) is 11.3. The molecule has 0 saturated carbocycles. The second-order valence-electron chi connectivity index (χ2n) is 7.49. The highest BCUT2D eigenvalue weighted by molar-refractivity contribution is 5.79. The van der Waals surface area contributed by atoms with E-state index < -0.39 is 0 Å². The van der Waals surface area contributed by atoms with Gasteiger partial charge in [0.05, 0.1) is 6.61 Å². The van der Waals surface area contributed by atoms with Crippen LogP contribution in [0.25, 0.3) is 0 Å². The summed E-state index contributed by atoms with van der Waals surface area (Å²) in [5, 5.41) is 7.19. The van der Waals surface area contributed by atoms with Crippen molar-refractivity contribution in [3.8, 4) is 0 Å². The van der Waals surface area contributed by atoms with Crippen molar-refractivity contribution < 1.29 is 4.74 Å². The molecule has 0 aromatic carbocycles. The number of rotatable bonds is 8. The van der Waals surface area contributed by atoms with Crippen molar-refractivity contribution in [2.24, 2.45) is 10.9 Å². The lowest BCUT2D eigenvalue weighted by Crippen LogP contribution is -2.50. The highest BCUT2D eigenvalue weighted by atomic mass is 16.5. The topological polar surface area (TPSA) is 52.1 Å². The number of nitrogens with one attached hydrogen (secondary N) is 2. The molecule has 0 aromatic heterocycles. The van der Waals surface area contributed by atoms with E-state index in [0.717, 1.165) is 31.6 Å². The van der Waals surface area contributed by atoms with Gasteiger partial charge in [0.2, 0.25) is 0 Å². The molecule has 2 heterocycles. The van der Waals surface area contributed by atoms with Gasteiger partial charge in [-0.3, -0.25) is 4.99 Å². The molecule has 0 atom stereocenters. The Kier molecular flexibility index (Phi) is 9.58. The summed E-state index contributed by atoms with van der Waals surface area (Å²) in [7, 11) is 3.66. The number of hydrogen-bond donors (Lipinski definition) is 2. The SMILES string of the molecule is CCCN1CCC(NC(=NC)NCC2CCN(CCOC)CC2)CC1. The summed E-state index contributed by atoms with van der Waals surface area (Å²) in [6, 6.07) is 0.565. The molecule has 6 nitrogen and oxygen atoms in total. The fraction of sp³-hybridized carbons (Fsp3) is 0.947. The van der Waals surface area contributed by atoms with Crippen LogP contribution in [0.4, 0.5) is 0 Å². The van der Waals surface area contributed by atoms with Crippen LogP contribution < -0.4 is 10.6 Å². The zero-order chi connectivity index (χ0) is 17.9. The normalized spacial score (nSPS) is 22.3. The highest BCUT2D eigenvalue weighted by Gasteiger charge is 2.21. The van der Waals surface area contributed by atoms with Gasteiger partial charge in [0.1, 0.15) is 0 Å². The maximum absolute atomic E-state index is 5.18. The Morgan fingerprint density at radius 3 is 2.28 bits per heavy atom. The molecule has 2 fully saturated rings. The summed E-state index contributed by atoms with van der Waals surface area (Å²) >= 11 is 0. The number of nitrogens with zero attached hydrogens (tertiary/aromatic N) is 3. The van der Waals surface area contributed by atoms with Crippen molar-refractivity contribution in [1.82, 2.24) is 20.4 Å². The number of guanidine groups is 1. The van der Waals surface area contributed by atoms with Gasteiger partial charge in [-0.25, -0.2) is 0 Å². The third-order valence-electron chi connectivity index (χ3n) is 5.57. The zero-order valence-corrected chi connectivity index (χ0v) is 16.6. The fourth-order valence-corrected chi connectivity index (χ4v) is 3.88. The fourth-order valence-electron chi connectivity index (χ4n) is 3.88. The first kappa shape index (κ1) is 20.5. The molecule has 2 N–H and O–H groups in total. The third kappa shape index (κ3) is 7.50. The maximum Gasteiger partial charge on any atom is 0.191 e. The molecule has 0 radical (unpaired) electrons. The van der Waals surface area contributed by atoms with Crippen LogP contribution in [0, 0.1) is 5.92 Å². The van der Waals surface area contributed by atoms with E-state index in [4.69, 9.17) is 4.74 Å². The van der Waals surface area contributed by atoms with Crippen LogP contribution in [0.1, 0.15) is 39.0 Å². The number of piperidine rings is 2. The number of methoxy groups -OCH3 is 1. The number of hydrogen-bond acceptors (Lipinski definition) is 4. The van der Waals surface area contributed by atoms with Crippen LogP contribution in [0.15, 0.2) is 4.99 Å². The lowest BCUT2D eigenvalue weighted by molar-refractivity contribution is 0.120. The highest BCUT2D eigenvalue weighted by Crippen LogP contribution is 2.16. The monoisotopic (exact) mass is 353 g/mol. The molecule has 6 heteroatoms. The molecule has 25 heavy (non-hydrogen) atoms. The van der Waals surface area contributed by atoms with Crippen LogP contribution in [0.2, 0.25) is 0 Å². The first-order valence-corrected chi connectivity index (χ1v) is 10.2. The summed E-state index contributed by atoms with van der Waals surface area (Å²) in [5.74, 6) is 1.74. The van der Waals surface area contributed by atoms with E-state index in [1.54, 1.807) is 7.11 Å². The second kappa shape index (κ2) is 11.7. The molecule has 0 aromatic rings. The molecular weight excluding hydrogens is 314 g/mol. The van der Waals surface area contributed by atoms with Crippen LogP contribution in [0.3, 0.4) is 0 Å². The van der Waals surface area contributed by atoms with E-state index in [1.807, 2.05) is 7.05 Å². The molecule has 0 bridgehead atoms. The van der Waals surface area contributed by atoms with Gasteiger partial charge < -0.3 is 25.2 Å². The zero-order valence-electron chi connectivity index (χ0n) is 16.6. The average molecular weight is 354 g/mol. The van der Waals surface area contributed by atoms with Crippen molar-refractivity contribution in [2.75, 3.05) is 66.6 Å². The van der Waals surface area contributed by atoms with Crippen molar-refractivity contribution in [3.63, 3.8) is 0 Å². The van der Waals surface area contributed by atoms with Gasteiger partial charge in [-0.2, -0.15) is 0 Å². The molecule has 0 spiro atoms. The minimum absolute atomic E-state index is 0.565. The van der Waals surface area contributed by atoms with E-state index in [9.17, 15) is 0 Å². The summed E-state index contributed by atoms with van der Waals surface area (Å²) in [6.07, 6.45) is 6.23. The predicted octanol–water partition coefficient (Wildman–Crippen LogP) is 1.38. The average Bonchev–Trinajstić information content (AvgIpc) is 2.66. The second-order valence-corrected chi connectivity index (χ2v) is 7.49. The van der Waals surface area contributed by atoms with E-state index in [0.29, 0.717) is 6.04 Å². The van der Waals surface area contributed by atoms with Crippen LogP contribution in [0.5, 0.6) is 0 Å². The number of likely N-dealkylation sites (tertiary alicyclic amines) is 2. The smallest absolute Gasteiger partial charge is 0.191 e. The minimum atomic E-state index is 0.565. The van der Waals surface area contributed by atoms with E-state index in [-0.39, 0.29) is 0 Å². The van der Waals surface area contributed by atoms with E-state index in [1.165, 1.54) is 64.8 Å². The summed E-state index contributed by atoms with van der Waals surface area (Å²) in [4.78, 5) is 9.52. The number of ether oxygens (including phenoxy) is 1. The van der Waals surface area contributed by atoms with E-state index >= 15 is 0 Å². The van der Waals surface area contributed by atoms with Gasteiger partial charge in [-0.15, -0.1) is 0 Å². The summed E-state index contributed by atoms with van der Waals surface area (Å²) in [5.41, 5.74) is 0. The molecule has 2 saturated heterocycles. The van der Waals surface area contributed by atoms with Crippen molar-refractivity contribution in [1.29, 1.82) is 0 Å². The van der Waals surface area contributed by atoms with Gasteiger partial charge in [-0.1, -0.05) is 6.92 Å². The Bertz CT molecular complexity index is 374. The largest absolute Gasteiger partial charge is 0.383 e. The lowest BCUT2D eigenvalue weighted by atomic mass is 9.97. The Labute approximate surface area is 154 Å². The summed E-state index contributed by atoms with van der Waals surface area (Å²) < 4.78 is 5.18. The van der Waals surface area contributed by atoms with Gasteiger partial charge in [-0.05, 0) is 57.7 Å². The number of aliphatic imine (C=N–C) groups is 1. The molecule has 0 aliphatic carbocycles. The van der Waals surface area contributed by atoms with Crippen molar-refractivity contribution >= 4 is 5.96 Å². The molecule has 2 aliphatic rings. The minimum Gasteiger partial charge on any atom is -0.383 e. The first-order chi connectivity index (χ1) is 12.2. The van der Waals surface area contributed by atoms with Gasteiger partial charge in [0, 0.05) is 46.4 Å². The first-order valence-electron chi connectivity index (χ1n) is 10.2. The van der Waals surface area contributed by atoms with Gasteiger partial charge in [0.15, 0.2) is 5.96 Å². The van der Waals surface area contributed by atoms with Crippen molar-refractivity contribution in [3.05, 3.63) is 0 Å². The van der Waals surface area contributed by atoms with E-state index in [2.05, 4.69) is 32.3 Å². The molecular formula is C19H39N5O. The lowest BCUT2D eigenvalue weighted by Gasteiger charge is -2.34. The van der Waals surface area contributed by atoms with Gasteiger partial charge in [0.25, 0.3) is 0 Å². The molecule has 2 aliphatic heterocycles. The standard InChI is InChI=1S/C19H39N5O/c1-4-9-23-12-7-18(8-13-23)22-19(20-2)21-16-17-5-10-24(11-6-17)14-15-25-3/h17-18H,4-16H2,1-3H3,(H2,20,21,22). The predicted molar refractivity (Wildman–Crippen MR) is 105 cm³/mol. The van der Waals surface area contributed by atoms with Crippen LogP contribution >= 0.6 is 0 Å². The molecule has 0 unspecified atom stereocenters. The Morgan fingerprint density at radius 1 is 1.04 bits per heavy atom. The molecule has 2 rings (SSSR count). The van der Waals surface area contributed by atoms with Crippen LogP contribution in [-0.2, 0) is 4.74 Å². The molecule has 0 amide bonds. The Balaban J connectivity index is 1.61. The Morgan fingerprint density at radius 2 is 1.68 bits per heavy atom. The third-order valence-corrected chi connectivity index (χ3v) is 5.57.